The number of thiazole rings is 1. The minimum Gasteiger partial charge on any atom is -0.302 e. The molecule has 0 atom stereocenters. The lowest BCUT2D eigenvalue weighted by Crippen LogP contribution is -2.10. The van der Waals surface area contributed by atoms with E-state index in [2.05, 4.69) is 10.3 Å². The summed E-state index contributed by atoms with van der Waals surface area (Å²) < 4.78 is 0. The number of nitrogens with zero attached hydrogens (tertiary/aromatic N) is 1. The molecule has 1 amide bonds. The van der Waals surface area contributed by atoms with Crippen molar-refractivity contribution in [2.24, 2.45) is 5.92 Å². The lowest BCUT2D eigenvalue weighted by molar-refractivity contribution is -0.116. The van der Waals surface area contributed by atoms with Gasteiger partial charge in [-0.3, -0.25) is 4.79 Å². The van der Waals surface area contributed by atoms with Crippen LogP contribution >= 0.6 is 11.3 Å². The van der Waals surface area contributed by atoms with E-state index in [1.54, 1.807) is 6.20 Å². The van der Waals surface area contributed by atoms with Gasteiger partial charge in [0.15, 0.2) is 5.13 Å². The van der Waals surface area contributed by atoms with Crippen LogP contribution in [0.2, 0.25) is 0 Å². The number of anilines is 1. The largest absolute Gasteiger partial charge is 0.302 e. The van der Waals surface area contributed by atoms with Crippen LogP contribution in [0.4, 0.5) is 5.13 Å². The van der Waals surface area contributed by atoms with Crippen molar-refractivity contribution >= 4 is 22.4 Å². The van der Waals surface area contributed by atoms with Gasteiger partial charge in [-0.15, -0.1) is 11.3 Å². The molecule has 0 bridgehead atoms. The predicted molar refractivity (Wildman–Crippen MR) is 52.7 cm³/mol. The Bertz CT molecular complexity index is 280. The molecule has 4 heteroatoms. The fourth-order valence-electron chi connectivity index (χ4n) is 1.21. The van der Waals surface area contributed by atoms with Gasteiger partial charge in [0.2, 0.25) is 5.91 Å². The number of rotatable bonds is 4. The summed E-state index contributed by atoms with van der Waals surface area (Å²) in [6, 6.07) is 0. The summed E-state index contributed by atoms with van der Waals surface area (Å²) in [5.41, 5.74) is 0. The standard InChI is InChI=1S/C9H12N2OS/c12-8(4-3-7-1-2-7)11-9-10-5-6-13-9/h5-7H,1-4H2,(H,10,11,12). The average molecular weight is 196 g/mol. The van der Waals surface area contributed by atoms with E-state index in [0.717, 1.165) is 12.3 Å². The number of aromatic nitrogens is 1. The van der Waals surface area contributed by atoms with Crippen molar-refractivity contribution in [3.63, 3.8) is 0 Å². The molecule has 0 aromatic carbocycles. The molecule has 13 heavy (non-hydrogen) atoms. The van der Waals surface area contributed by atoms with Crippen LogP contribution in [-0.2, 0) is 4.79 Å². The zero-order chi connectivity index (χ0) is 9.10. The second-order valence-electron chi connectivity index (χ2n) is 3.37. The first-order chi connectivity index (χ1) is 6.34. The Labute approximate surface area is 81.2 Å². The van der Waals surface area contributed by atoms with E-state index in [9.17, 15) is 4.79 Å². The van der Waals surface area contributed by atoms with Crippen molar-refractivity contribution in [3.05, 3.63) is 11.6 Å². The van der Waals surface area contributed by atoms with Gasteiger partial charge in [0, 0.05) is 18.0 Å². The number of carbonyl (C=O) groups is 1. The van der Waals surface area contributed by atoms with Gasteiger partial charge in [0.1, 0.15) is 0 Å². The number of hydrogen-bond donors (Lipinski definition) is 1. The molecule has 1 fully saturated rings. The van der Waals surface area contributed by atoms with E-state index >= 15 is 0 Å². The summed E-state index contributed by atoms with van der Waals surface area (Å²) >= 11 is 1.46. The van der Waals surface area contributed by atoms with Crippen molar-refractivity contribution in [2.75, 3.05) is 5.32 Å². The fraction of sp³-hybridized carbons (Fsp3) is 0.556. The third-order valence-corrected chi connectivity index (χ3v) is 2.84. The van der Waals surface area contributed by atoms with Gasteiger partial charge in [-0.05, 0) is 12.3 Å². The van der Waals surface area contributed by atoms with Crippen LogP contribution in [-0.4, -0.2) is 10.9 Å². The molecule has 0 saturated heterocycles. The van der Waals surface area contributed by atoms with Crippen LogP contribution in [0.1, 0.15) is 25.7 Å². The maximum atomic E-state index is 11.3. The summed E-state index contributed by atoms with van der Waals surface area (Å²) in [5, 5.41) is 5.34. The van der Waals surface area contributed by atoms with Gasteiger partial charge in [-0.2, -0.15) is 0 Å². The smallest absolute Gasteiger partial charge is 0.226 e. The van der Waals surface area contributed by atoms with E-state index in [-0.39, 0.29) is 5.91 Å². The van der Waals surface area contributed by atoms with Crippen molar-refractivity contribution < 1.29 is 4.79 Å². The van der Waals surface area contributed by atoms with Crippen molar-refractivity contribution in [1.82, 2.24) is 4.98 Å². The molecular formula is C9H12N2OS. The number of nitrogens with one attached hydrogen (secondary N) is 1. The van der Waals surface area contributed by atoms with E-state index < -0.39 is 0 Å². The maximum absolute atomic E-state index is 11.3. The summed E-state index contributed by atoms with van der Waals surface area (Å²) in [7, 11) is 0. The second kappa shape index (κ2) is 3.87. The minimum absolute atomic E-state index is 0.0989. The topological polar surface area (TPSA) is 42.0 Å². The van der Waals surface area contributed by atoms with Gasteiger partial charge in [0.05, 0.1) is 0 Å². The lowest BCUT2D eigenvalue weighted by Gasteiger charge is -1.99. The van der Waals surface area contributed by atoms with E-state index in [1.807, 2.05) is 5.38 Å². The summed E-state index contributed by atoms with van der Waals surface area (Å²) in [5.74, 6) is 0.920. The number of hydrogen-bond acceptors (Lipinski definition) is 3. The third kappa shape index (κ3) is 2.81. The highest BCUT2D eigenvalue weighted by Crippen LogP contribution is 2.33. The van der Waals surface area contributed by atoms with Crippen LogP contribution in [0.15, 0.2) is 11.6 Å². The van der Waals surface area contributed by atoms with E-state index in [0.29, 0.717) is 11.6 Å². The Kier molecular flexibility index (Phi) is 2.59. The first-order valence-electron chi connectivity index (χ1n) is 4.54. The number of amides is 1. The summed E-state index contributed by atoms with van der Waals surface area (Å²) in [6.45, 7) is 0. The van der Waals surface area contributed by atoms with Gasteiger partial charge < -0.3 is 5.32 Å². The molecule has 0 aliphatic heterocycles. The molecule has 0 radical (unpaired) electrons. The van der Waals surface area contributed by atoms with Gasteiger partial charge in [0.25, 0.3) is 0 Å². The van der Waals surface area contributed by atoms with E-state index in [1.165, 1.54) is 24.2 Å². The third-order valence-electron chi connectivity index (χ3n) is 2.16. The van der Waals surface area contributed by atoms with Crippen LogP contribution in [0.3, 0.4) is 0 Å². The zero-order valence-electron chi connectivity index (χ0n) is 7.32. The maximum Gasteiger partial charge on any atom is 0.226 e. The number of carbonyl (C=O) groups excluding carboxylic acids is 1. The predicted octanol–water partition coefficient (Wildman–Crippen LogP) is 2.27. The molecule has 0 spiro atoms. The molecule has 70 valence electrons. The summed E-state index contributed by atoms with van der Waals surface area (Å²) in [4.78, 5) is 15.3. The fourth-order valence-corrected chi connectivity index (χ4v) is 1.75. The van der Waals surface area contributed by atoms with Crippen molar-refractivity contribution in [1.29, 1.82) is 0 Å². The molecule has 1 aliphatic carbocycles. The Balaban J connectivity index is 1.71. The Morgan fingerprint density at radius 3 is 3.15 bits per heavy atom. The SMILES string of the molecule is O=C(CCC1CC1)Nc1nccs1. The van der Waals surface area contributed by atoms with Gasteiger partial charge in [-0.1, -0.05) is 12.8 Å². The highest BCUT2D eigenvalue weighted by atomic mass is 32.1. The van der Waals surface area contributed by atoms with Gasteiger partial charge >= 0.3 is 0 Å². The monoisotopic (exact) mass is 196 g/mol. The quantitative estimate of drug-likeness (QED) is 0.802. The molecule has 1 heterocycles. The molecule has 0 unspecified atom stereocenters. The van der Waals surface area contributed by atoms with Crippen LogP contribution in [0, 0.1) is 5.92 Å². The molecular weight excluding hydrogens is 184 g/mol. The van der Waals surface area contributed by atoms with Gasteiger partial charge in [-0.25, -0.2) is 4.98 Å². The molecule has 1 aliphatic rings. The lowest BCUT2D eigenvalue weighted by atomic mass is 10.2. The molecule has 2 rings (SSSR count). The highest BCUT2D eigenvalue weighted by molar-refractivity contribution is 7.13. The second-order valence-corrected chi connectivity index (χ2v) is 4.26. The van der Waals surface area contributed by atoms with Crippen molar-refractivity contribution in [3.8, 4) is 0 Å². The first kappa shape index (κ1) is 8.69. The summed E-state index contributed by atoms with van der Waals surface area (Å²) in [6.07, 6.45) is 6.00. The Morgan fingerprint density at radius 2 is 2.54 bits per heavy atom. The first-order valence-corrected chi connectivity index (χ1v) is 5.42. The normalized spacial score (nSPS) is 15.7. The van der Waals surface area contributed by atoms with Crippen molar-refractivity contribution in [2.45, 2.75) is 25.7 Å². The van der Waals surface area contributed by atoms with Crippen LogP contribution in [0.25, 0.3) is 0 Å². The molecule has 1 aromatic rings. The van der Waals surface area contributed by atoms with Crippen LogP contribution < -0.4 is 5.32 Å². The zero-order valence-corrected chi connectivity index (χ0v) is 8.14. The minimum atomic E-state index is 0.0989. The molecule has 1 aromatic heterocycles. The Morgan fingerprint density at radius 1 is 1.69 bits per heavy atom. The molecule has 1 saturated carbocycles. The Hall–Kier alpha value is -0.900. The average Bonchev–Trinajstić information content (AvgIpc) is 2.82. The van der Waals surface area contributed by atoms with Crippen LogP contribution in [0.5, 0.6) is 0 Å². The van der Waals surface area contributed by atoms with E-state index in [4.69, 9.17) is 0 Å². The highest BCUT2D eigenvalue weighted by Gasteiger charge is 2.21. The molecule has 1 N–H and O–H groups in total. The molecule has 3 nitrogen and oxygen atoms in total.